The fourth-order valence-electron chi connectivity index (χ4n) is 1.18. The molecule has 0 amide bonds. The summed E-state index contributed by atoms with van der Waals surface area (Å²) >= 11 is 0. The van der Waals surface area contributed by atoms with Gasteiger partial charge in [0.1, 0.15) is 0 Å². The average Bonchev–Trinajstić information content (AvgIpc) is 2.03. The molecule has 1 N–H and O–H groups in total. The zero-order valence-corrected chi connectivity index (χ0v) is 7.71. The maximum absolute atomic E-state index is 8.91. The first-order valence-electron chi connectivity index (χ1n) is 4.58. The molecular weight excluding hydrogens is 136 g/mol. The van der Waals surface area contributed by atoms with Crippen molar-refractivity contribution >= 4 is 0 Å². The highest BCUT2D eigenvalue weighted by atomic mass is 16.3. The molecule has 0 bridgehead atoms. The summed E-state index contributed by atoms with van der Waals surface area (Å²) in [7, 11) is 0. The Morgan fingerprint density at radius 2 is 2.09 bits per heavy atom. The maximum atomic E-state index is 8.91. The highest BCUT2D eigenvalue weighted by Crippen LogP contribution is 2.10. The molecular formula is C10H20O. The Bertz CT molecular complexity index is 97.0. The second kappa shape index (κ2) is 7.80. The number of allylic oxidation sites excluding steroid dienone is 1. The highest BCUT2D eigenvalue weighted by molar-refractivity contribution is 4.84. The van der Waals surface area contributed by atoms with Crippen molar-refractivity contribution in [2.75, 3.05) is 6.61 Å². The molecule has 1 atom stereocenters. The van der Waals surface area contributed by atoms with E-state index in [0.29, 0.717) is 12.5 Å². The number of unbranched alkanes of at least 4 members (excludes halogenated alkanes) is 2. The molecule has 0 aliphatic carbocycles. The van der Waals surface area contributed by atoms with E-state index < -0.39 is 0 Å². The summed E-state index contributed by atoms with van der Waals surface area (Å²) in [4.78, 5) is 0. The van der Waals surface area contributed by atoms with Crippen molar-refractivity contribution in [3.05, 3.63) is 12.2 Å². The lowest BCUT2D eigenvalue weighted by atomic mass is 10.0. The second-order valence-electron chi connectivity index (χ2n) is 2.96. The van der Waals surface area contributed by atoms with Crippen LogP contribution in [0.2, 0.25) is 0 Å². The molecule has 0 aromatic rings. The summed E-state index contributed by atoms with van der Waals surface area (Å²) in [5.41, 5.74) is 0. The van der Waals surface area contributed by atoms with Crippen LogP contribution in [0.25, 0.3) is 0 Å². The average molecular weight is 156 g/mol. The fourth-order valence-corrected chi connectivity index (χ4v) is 1.18. The number of hydrogen-bond acceptors (Lipinski definition) is 1. The van der Waals surface area contributed by atoms with Gasteiger partial charge in [0.2, 0.25) is 0 Å². The van der Waals surface area contributed by atoms with Gasteiger partial charge in [-0.25, -0.2) is 0 Å². The van der Waals surface area contributed by atoms with E-state index in [0.717, 1.165) is 6.42 Å². The van der Waals surface area contributed by atoms with Crippen LogP contribution in [-0.2, 0) is 0 Å². The summed E-state index contributed by atoms with van der Waals surface area (Å²) in [5, 5.41) is 8.91. The molecule has 1 unspecified atom stereocenters. The van der Waals surface area contributed by atoms with Gasteiger partial charge in [0.15, 0.2) is 0 Å². The Morgan fingerprint density at radius 1 is 1.36 bits per heavy atom. The predicted octanol–water partition coefficient (Wildman–Crippen LogP) is 2.75. The standard InChI is InChI=1S/C10H20O/c1-3-5-6-8-10(9-11)7-4-2/h4,7,10-11H,3,5-6,8-9H2,1-2H3. The molecule has 0 aromatic carbocycles. The van der Waals surface area contributed by atoms with E-state index in [1.54, 1.807) is 0 Å². The number of rotatable bonds is 6. The number of hydrogen-bond donors (Lipinski definition) is 1. The molecule has 0 radical (unpaired) electrons. The van der Waals surface area contributed by atoms with Crippen molar-refractivity contribution in [2.24, 2.45) is 5.92 Å². The van der Waals surface area contributed by atoms with Crippen LogP contribution in [0.3, 0.4) is 0 Å². The quantitative estimate of drug-likeness (QED) is 0.463. The van der Waals surface area contributed by atoms with Gasteiger partial charge in [-0.3, -0.25) is 0 Å². The molecule has 11 heavy (non-hydrogen) atoms. The zero-order valence-electron chi connectivity index (χ0n) is 7.71. The largest absolute Gasteiger partial charge is 0.396 e. The molecule has 0 aliphatic heterocycles. The molecule has 0 heterocycles. The van der Waals surface area contributed by atoms with E-state index in [1.165, 1.54) is 19.3 Å². The monoisotopic (exact) mass is 156 g/mol. The molecule has 0 aliphatic rings. The topological polar surface area (TPSA) is 20.2 Å². The third kappa shape index (κ3) is 6.11. The van der Waals surface area contributed by atoms with Crippen molar-refractivity contribution in [3.8, 4) is 0 Å². The van der Waals surface area contributed by atoms with E-state index in [-0.39, 0.29) is 0 Å². The third-order valence-electron chi connectivity index (χ3n) is 1.88. The van der Waals surface area contributed by atoms with Crippen LogP contribution in [0.15, 0.2) is 12.2 Å². The van der Waals surface area contributed by atoms with Crippen LogP contribution >= 0.6 is 0 Å². The summed E-state index contributed by atoms with van der Waals surface area (Å²) in [5.74, 6) is 0.395. The van der Waals surface area contributed by atoms with Gasteiger partial charge < -0.3 is 5.11 Å². The van der Waals surface area contributed by atoms with E-state index >= 15 is 0 Å². The van der Waals surface area contributed by atoms with E-state index in [1.807, 2.05) is 13.0 Å². The Hall–Kier alpha value is -0.300. The Labute approximate surface area is 70.1 Å². The first-order valence-corrected chi connectivity index (χ1v) is 4.58. The van der Waals surface area contributed by atoms with Crippen LogP contribution in [0.4, 0.5) is 0 Å². The van der Waals surface area contributed by atoms with Gasteiger partial charge in [0, 0.05) is 6.61 Å². The summed E-state index contributed by atoms with van der Waals surface area (Å²) in [6.07, 6.45) is 9.03. The Morgan fingerprint density at radius 3 is 2.55 bits per heavy atom. The van der Waals surface area contributed by atoms with Crippen LogP contribution in [0.5, 0.6) is 0 Å². The summed E-state index contributed by atoms with van der Waals surface area (Å²) < 4.78 is 0. The fraction of sp³-hybridized carbons (Fsp3) is 0.800. The van der Waals surface area contributed by atoms with E-state index in [4.69, 9.17) is 5.11 Å². The number of aliphatic hydroxyl groups excluding tert-OH is 1. The van der Waals surface area contributed by atoms with E-state index in [2.05, 4.69) is 13.0 Å². The van der Waals surface area contributed by atoms with Gasteiger partial charge in [-0.05, 0) is 19.3 Å². The molecule has 0 fully saturated rings. The smallest absolute Gasteiger partial charge is 0.0493 e. The van der Waals surface area contributed by atoms with Crippen LogP contribution in [0, 0.1) is 5.92 Å². The van der Waals surface area contributed by atoms with Crippen LogP contribution in [0.1, 0.15) is 39.5 Å². The zero-order chi connectivity index (χ0) is 8.53. The van der Waals surface area contributed by atoms with Gasteiger partial charge in [-0.2, -0.15) is 0 Å². The highest BCUT2D eigenvalue weighted by Gasteiger charge is 2.00. The summed E-state index contributed by atoms with van der Waals surface area (Å²) in [6.45, 7) is 4.50. The van der Waals surface area contributed by atoms with Crippen molar-refractivity contribution in [3.63, 3.8) is 0 Å². The molecule has 0 aromatic heterocycles. The number of aliphatic hydroxyl groups is 1. The maximum Gasteiger partial charge on any atom is 0.0493 e. The van der Waals surface area contributed by atoms with E-state index in [9.17, 15) is 0 Å². The van der Waals surface area contributed by atoms with Crippen LogP contribution in [-0.4, -0.2) is 11.7 Å². The minimum atomic E-state index is 0.300. The molecule has 0 spiro atoms. The van der Waals surface area contributed by atoms with Gasteiger partial charge in [-0.15, -0.1) is 0 Å². The lowest BCUT2D eigenvalue weighted by Crippen LogP contribution is -2.01. The van der Waals surface area contributed by atoms with Gasteiger partial charge in [-0.1, -0.05) is 38.3 Å². The lowest BCUT2D eigenvalue weighted by Gasteiger charge is -2.07. The van der Waals surface area contributed by atoms with Crippen molar-refractivity contribution in [1.82, 2.24) is 0 Å². The Balaban J connectivity index is 3.36. The molecule has 0 saturated carbocycles. The Kier molecular flexibility index (Phi) is 7.59. The first kappa shape index (κ1) is 10.7. The SMILES string of the molecule is CC=CC(CO)CCCCC. The molecule has 0 rings (SSSR count). The molecule has 66 valence electrons. The van der Waals surface area contributed by atoms with Crippen molar-refractivity contribution in [1.29, 1.82) is 0 Å². The molecule has 1 heteroatoms. The second-order valence-corrected chi connectivity index (χ2v) is 2.96. The van der Waals surface area contributed by atoms with Gasteiger partial charge in [0.25, 0.3) is 0 Å². The van der Waals surface area contributed by atoms with Crippen molar-refractivity contribution in [2.45, 2.75) is 39.5 Å². The summed E-state index contributed by atoms with van der Waals surface area (Å²) in [6, 6.07) is 0. The van der Waals surface area contributed by atoms with Gasteiger partial charge in [0.05, 0.1) is 0 Å². The molecule has 1 nitrogen and oxygen atoms in total. The van der Waals surface area contributed by atoms with Crippen LogP contribution < -0.4 is 0 Å². The van der Waals surface area contributed by atoms with Crippen molar-refractivity contribution < 1.29 is 5.11 Å². The molecule has 0 saturated heterocycles. The third-order valence-corrected chi connectivity index (χ3v) is 1.88. The minimum absolute atomic E-state index is 0.300. The lowest BCUT2D eigenvalue weighted by molar-refractivity contribution is 0.243. The minimum Gasteiger partial charge on any atom is -0.396 e. The normalized spacial score (nSPS) is 14.1. The first-order chi connectivity index (χ1) is 5.35. The van der Waals surface area contributed by atoms with Gasteiger partial charge >= 0.3 is 0 Å². The predicted molar refractivity (Wildman–Crippen MR) is 49.5 cm³/mol.